The van der Waals surface area contributed by atoms with Crippen LogP contribution in [0.2, 0.25) is 0 Å². The molecular formula is C26H33N5O4. The van der Waals surface area contributed by atoms with Gasteiger partial charge in [-0.25, -0.2) is 10.0 Å². The first-order chi connectivity index (χ1) is 16.9. The molecular weight excluding hydrogens is 446 g/mol. The van der Waals surface area contributed by atoms with E-state index in [-0.39, 0.29) is 23.8 Å². The number of unbranched alkanes of at least 4 members (excludes halogenated alkanes) is 1. The Balaban J connectivity index is 1.47. The molecule has 0 bridgehead atoms. The minimum Gasteiger partial charge on any atom is -0.340 e. The smallest absolute Gasteiger partial charge is 0.247 e. The van der Waals surface area contributed by atoms with Crippen LogP contribution in [-0.2, 0) is 14.4 Å². The molecule has 1 aliphatic carbocycles. The average Bonchev–Trinajstić information content (AvgIpc) is 3.51. The largest absolute Gasteiger partial charge is 0.340 e. The summed E-state index contributed by atoms with van der Waals surface area (Å²) < 4.78 is 0. The first-order valence-electron chi connectivity index (χ1n) is 12.2. The zero-order chi connectivity index (χ0) is 24.8. The predicted molar refractivity (Wildman–Crippen MR) is 132 cm³/mol. The van der Waals surface area contributed by atoms with Gasteiger partial charge >= 0.3 is 0 Å². The Morgan fingerprint density at radius 2 is 2.06 bits per heavy atom. The Labute approximate surface area is 205 Å². The first kappa shape index (κ1) is 24.7. The van der Waals surface area contributed by atoms with Crippen LogP contribution >= 0.6 is 0 Å². The van der Waals surface area contributed by atoms with Gasteiger partial charge in [0.15, 0.2) is 0 Å². The molecule has 1 aliphatic heterocycles. The fourth-order valence-corrected chi connectivity index (χ4v) is 4.79. The zero-order valence-electron chi connectivity index (χ0n) is 20.0. The second-order valence-electron chi connectivity index (χ2n) is 9.66. The molecule has 4 rings (SSSR count). The number of anilines is 3. The lowest BCUT2D eigenvalue weighted by Gasteiger charge is -2.29. The summed E-state index contributed by atoms with van der Waals surface area (Å²) >= 11 is 0. The number of likely N-dealkylation sites (tertiary alicyclic amines) is 1. The Morgan fingerprint density at radius 1 is 1.26 bits per heavy atom. The van der Waals surface area contributed by atoms with Gasteiger partial charge in [-0.05, 0) is 61.4 Å². The van der Waals surface area contributed by atoms with E-state index >= 15 is 0 Å². The number of hydrogen-bond donors (Lipinski definition) is 3. The fourth-order valence-electron chi connectivity index (χ4n) is 4.79. The molecule has 0 radical (unpaired) electrons. The second-order valence-corrected chi connectivity index (χ2v) is 9.66. The minimum absolute atomic E-state index is 0.0128. The highest BCUT2D eigenvalue weighted by molar-refractivity contribution is 5.98. The maximum absolute atomic E-state index is 13.5. The normalized spacial score (nSPS) is 18.7. The quantitative estimate of drug-likeness (QED) is 0.257. The van der Waals surface area contributed by atoms with Gasteiger partial charge in [0, 0.05) is 24.1 Å². The van der Waals surface area contributed by atoms with E-state index in [4.69, 9.17) is 0 Å². The van der Waals surface area contributed by atoms with Gasteiger partial charge < -0.3 is 15.5 Å². The Morgan fingerprint density at radius 3 is 2.74 bits per heavy atom. The third-order valence-electron chi connectivity index (χ3n) is 6.90. The highest BCUT2D eigenvalue weighted by atomic mass is 16.5. The zero-order valence-corrected chi connectivity index (χ0v) is 20.0. The predicted octanol–water partition coefficient (Wildman–Crippen LogP) is 3.80. The lowest BCUT2D eigenvalue weighted by atomic mass is 9.99. The van der Waals surface area contributed by atoms with E-state index in [1.165, 1.54) is 0 Å². The van der Waals surface area contributed by atoms with E-state index < -0.39 is 12.0 Å². The summed E-state index contributed by atoms with van der Waals surface area (Å²) in [5.74, 6) is -0.234. The van der Waals surface area contributed by atoms with Crippen molar-refractivity contribution >= 4 is 35.4 Å². The Hall–Kier alpha value is -3.46. The third kappa shape index (κ3) is 6.16. The van der Waals surface area contributed by atoms with Gasteiger partial charge in [-0.3, -0.25) is 19.6 Å². The highest BCUT2D eigenvalue weighted by Crippen LogP contribution is 2.55. The lowest BCUT2D eigenvalue weighted by Crippen LogP contribution is -2.47. The number of carbonyl (C=O) groups excluding carboxylic acids is 3. The molecule has 186 valence electrons. The van der Waals surface area contributed by atoms with Gasteiger partial charge in [0.2, 0.25) is 18.2 Å². The number of carbonyl (C=O) groups is 3. The van der Waals surface area contributed by atoms with Gasteiger partial charge in [-0.15, -0.1) is 0 Å². The fraction of sp³-hybridized carbons (Fsp3) is 0.462. The van der Waals surface area contributed by atoms with Gasteiger partial charge in [0.1, 0.15) is 11.9 Å². The van der Waals surface area contributed by atoms with Crippen LogP contribution in [0, 0.1) is 11.3 Å². The lowest BCUT2D eigenvalue weighted by molar-refractivity contribution is -0.157. The summed E-state index contributed by atoms with van der Waals surface area (Å²) in [5, 5.41) is 16.5. The van der Waals surface area contributed by atoms with Crippen molar-refractivity contribution in [2.75, 3.05) is 23.7 Å². The van der Waals surface area contributed by atoms with Crippen molar-refractivity contribution < 1.29 is 19.6 Å². The van der Waals surface area contributed by atoms with Crippen molar-refractivity contribution in [3.63, 3.8) is 0 Å². The molecule has 1 aromatic heterocycles. The maximum atomic E-state index is 13.5. The number of nitrogens with zero attached hydrogens (tertiary/aromatic N) is 3. The SMILES string of the molecule is CCCC[C@H](CN(O)C=O)C(=O)N1CC2(CC2)C[C@H]1C(=O)Nc1cccc(Nc2ccccn2)c1. The molecule has 1 spiro atoms. The molecule has 3 amide bonds. The Bertz CT molecular complexity index is 1040. The molecule has 2 aliphatic rings. The summed E-state index contributed by atoms with van der Waals surface area (Å²) in [6.45, 7) is 2.50. The summed E-state index contributed by atoms with van der Waals surface area (Å²) in [7, 11) is 0. The number of benzene rings is 1. The molecule has 2 heterocycles. The Kier molecular flexibility index (Phi) is 7.65. The summed E-state index contributed by atoms with van der Waals surface area (Å²) in [4.78, 5) is 43.8. The van der Waals surface area contributed by atoms with Crippen LogP contribution < -0.4 is 10.6 Å². The van der Waals surface area contributed by atoms with Gasteiger partial charge in [0.05, 0.1) is 12.5 Å². The van der Waals surface area contributed by atoms with Crippen molar-refractivity contribution in [1.82, 2.24) is 14.9 Å². The molecule has 0 unspecified atom stereocenters. The molecule has 9 nitrogen and oxygen atoms in total. The molecule has 2 fully saturated rings. The standard InChI is InChI=1S/C26H33N5O4/c1-2-3-7-19(16-30(35)18-32)25(34)31-17-26(11-12-26)15-22(31)24(33)29-21-9-6-8-20(14-21)28-23-10-4-5-13-27-23/h4-6,8-10,13-14,18-19,22,35H,2-3,7,11-12,15-17H2,1H3,(H,27,28)(H,29,33)/t19-,22+/m1/s1. The topological polar surface area (TPSA) is 115 Å². The maximum Gasteiger partial charge on any atom is 0.247 e. The number of hydrogen-bond acceptors (Lipinski definition) is 6. The van der Waals surface area contributed by atoms with Crippen molar-refractivity contribution in [3.05, 3.63) is 48.7 Å². The molecule has 9 heteroatoms. The molecule has 1 saturated heterocycles. The van der Waals surface area contributed by atoms with Crippen molar-refractivity contribution in [1.29, 1.82) is 0 Å². The number of amides is 3. The third-order valence-corrected chi connectivity index (χ3v) is 6.90. The number of aromatic nitrogens is 1. The summed E-state index contributed by atoms with van der Waals surface area (Å²) in [6.07, 6.45) is 6.91. The summed E-state index contributed by atoms with van der Waals surface area (Å²) in [5.41, 5.74) is 1.43. The monoisotopic (exact) mass is 479 g/mol. The molecule has 2 aromatic rings. The molecule has 2 atom stereocenters. The van der Waals surface area contributed by atoms with Crippen LogP contribution in [0.15, 0.2) is 48.7 Å². The molecule has 35 heavy (non-hydrogen) atoms. The minimum atomic E-state index is -0.579. The van der Waals surface area contributed by atoms with Crippen LogP contribution in [0.4, 0.5) is 17.2 Å². The number of pyridine rings is 1. The van der Waals surface area contributed by atoms with E-state index in [1.807, 2.05) is 49.4 Å². The van der Waals surface area contributed by atoms with Crippen LogP contribution in [0.25, 0.3) is 0 Å². The number of nitrogens with one attached hydrogen (secondary N) is 2. The first-order valence-corrected chi connectivity index (χ1v) is 12.2. The second kappa shape index (κ2) is 10.9. The number of hydroxylamine groups is 2. The highest BCUT2D eigenvalue weighted by Gasteiger charge is 2.55. The van der Waals surface area contributed by atoms with E-state index in [9.17, 15) is 19.6 Å². The van der Waals surface area contributed by atoms with E-state index in [0.29, 0.717) is 42.4 Å². The molecule has 3 N–H and O–H groups in total. The van der Waals surface area contributed by atoms with Crippen molar-refractivity contribution in [2.45, 2.75) is 51.5 Å². The van der Waals surface area contributed by atoms with E-state index in [0.717, 1.165) is 31.4 Å². The average molecular weight is 480 g/mol. The van der Waals surface area contributed by atoms with E-state index in [2.05, 4.69) is 15.6 Å². The van der Waals surface area contributed by atoms with Gasteiger partial charge in [-0.2, -0.15) is 0 Å². The van der Waals surface area contributed by atoms with Crippen LogP contribution in [-0.4, -0.2) is 57.5 Å². The van der Waals surface area contributed by atoms with Crippen LogP contribution in [0.3, 0.4) is 0 Å². The summed E-state index contributed by atoms with van der Waals surface area (Å²) in [6, 6.07) is 12.4. The van der Waals surface area contributed by atoms with Gasteiger partial charge in [-0.1, -0.05) is 31.9 Å². The van der Waals surface area contributed by atoms with Crippen molar-refractivity contribution in [3.8, 4) is 0 Å². The molecule has 1 saturated carbocycles. The molecule has 1 aromatic carbocycles. The van der Waals surface area contributed by atoms with Gasteiger partial charge in [0.25, 0.3) is 0 Å². The van der Waals surface area contributed by atoms with Crippen molar-refractivity contribution in [2.24, 2.45) is 11.3 Å². The van der Waals surface area contributed by atoms with E-state index in [1.54, 1.807) is 11.1 Å². The number of rotatable bonds is 11. The van der Waals surface area contributed by atoms with Crippen LogP contribution in [0.1, 0.15) is 45.4 Å². The van der Waals surface area contributed by atoms with Crippen LogP contribution in [0.5, 0.6) is 0 Å².